The number of fused-ring (bicyclic) bond motifs is 8. The first-order valence-corrected chi connectivity index (χ1v) is 7.98. The van der Waals surface area contributed by atoms with Crippen LogP contribution in [-0.2, 0) is 0 Å². The average molecular weight is 309 g/mol. The molecule has 0 atom stereocenters. The summed E-state index contributed by atoms with van der Waals surface area (Å²) in [5, 5.41) is 0. The van der Waals surface area contributed by atoms with E-state index >= 15 is 0 Å². The van der Waals surface area contributed by atoms with Gasteiger partial charge in [0.2, 0.25) is 0 Å². The van der Waals surface area contributed by atoms with Crippen molar-refractivity contribution in [3.8, 4) is 0 Å². The maximum absolute atomic E-state index is 4.65. The number of rotatable bonds is 0. The third-order valence-corrected chi connectivity index (χ3v) is 4.20. The predicted molar refractivity (Wildman–Crippen MR) is 101 cm³/mol. The topological polar surface area (TPSA) is 44.5 Å². The molecule has 8 bridgehead atoms. The van der Waals surface area contributed by atoms with Crippen molar-refractivity contribution < 1.29 is 0 Å². The van der Waals surface area contributed by atoms with Crippen LogP contribution < -0.4 is 0 Å². The molecule has 5 rings (SSSR count). The van der Waals surface area contributed by atoms with Gasteiger partial charge in [-0.3, -0.25) is 0 Å². The number of nitrogens with zero attached hydrogens (tertiary/aromatic N) is 1. The highest BCUT2D eigenvalue weighted by Gasteiger charge is 2.00. The summed E-state index contributed by atoms with van der Waals surface area (Å²) in [6, 6.07) is 18.9. The Hall–Kier alpha value is -3.33. The predicted octanol–water partition coefficient (Wildman–Crippen LogP) is 5.26. The maximum atomic E-state index is 4.65. The second-order valence-corrected chi connectivity index (χ2v) is 6.09. The lowest BCUT2D eigenvalue weighted by atomic mass is 10.3. The fourth-order valence-corrected chi connectivity index (χ4v) is 3.09. The molecular weight excluding hydrogens is 294 g/mol. The third-order valence-electron chi connectivity index (χ3n) is 4.20. The van der Waals surface area contributed by atoms with Crippen LogP contribution in [0.3, 0.4) is 0 Å². The van der Waals surface area contributed by atoms with Gasteiger partial charge in [0, 0.05) is 22.1 Å². The standard InChI is InChI=1S/C21H15N3/c1-2-15-9-14(1)10-16-3-5-18(22-16)12-20-7-8-21(24-20)13-19-6-4-17(11-15)23-19/h1-13,22-23H. The summed E-state index contributed by atoms with van der Waals surface area (Å²) in [7, 11) is 0. The van der Waals surface area contributed by atoms with Crippen LogP contribution in [0.5, 0.6) is 0 Å². The molecule has 0 amide bonds. The first-order valence-electron chi connectivity index (χ1n) is 7.98. The number of aromatic amines is 2. The highest BCUT2D eigenvalue weighted by molar-refractivity contribution is 5.80. The van der Waals surface area contributed by atoms with E-state index in [1.54, 1.807) is 0 Å². The third kappa shape index (κ3) is 2.46. The lowest BCUT2D eigenvalue weighted by molar-refractivity contribution is 1.32. The van der Waals surface area contributed by atoms with Crippen LogP contribution in [0.1, 0.15) is 22.5 Å². The Balaban J connectivity index is 1.85. The van der Waals surface area contributed by atoms with E-state index in [1.807, 2.05) is 12.2 Å². The van der Waals surface area contributed by atoms with Crippen molar-refractivity contribution in [3.63, 3.8) is 0 Å². The first-order chi connectivity index (χ1) is 11.8. The fourth-order valence-electron chi connectivity index (χ4n) is 3.09. The Kier molecular flexibility index (Phi) is 2.79. The molecule has 0 fully saturated rings. The molecule has 0 saturated heterocycles. The summed E-state index contributed by atoms with van der Waals surface area (Å²) in [5.41, 5.74) is 8.57. The van der Waals surface area contributed by atoms with Gasteiger partial charge in [0.25, 0.3) is 0 Å². The van der Waals surface area contributed by atoms with Crippen LogP contribution in [-0.4, -0.2) is 15.0 Å². The summed E-state index contributed by atoms with van der Waals surface area (Å²) < 4.78 is 0. The van der Waals surface area contributed by atoms with E-state index in [0.29, 0.717) is 0 Å². The molecule has 24 heavy (non-hydrogen) atoms. The Labute approximate surface area is 139 Å². The zero-order chi connectivity index (χ0) is 15.9. The molecule has 2 aliphatic rings. The van der Waals surface area contributed by atoms with Crippen LogP contribution in [0.25, 0.3) is 46.4 Å². The zero-order valence-electron chi connectivity index (χ0n) is 13.0. The number of hydrogen-bond acceptors (Lipinski definition) is 1. The molecular formula is C21H15N3. The van der Waals surface area contributed by atoms with Crippen LogP contribution >= 0.6 is 0 Å². The van der Waals surface area contributed by atoms with E-state index in [9.17, 15) is 0 Å². The van der Waals surface area contributed by atoms with Crippen molar-refractivity contribution in [3.05, 3.63) is 77.1 Å². The molecule has 3 heteroatoms. The van der Waals surface area contributed by atoms with Gasteiger partial charge in [-0.05, 0) is 77.9 Å². The van der Waals surface area contributed by atoms with Crippen molar-refractivity contribution in [1.82, 2.24) is 15.0 Å². The van der Waals surface area contributed by atoms with Gasteiger partial charge in [-0.15, -0.1) is 0 Å². The van der Waals surface area contributed by atoms with Crippen molar-refractivity contribution in [2.75, 3.05) is 0 Å². The van der Waals surface area contributed by atoms with Crippen molar-refractivity contribution in [1.29, 1.82) is 0 Å². The summed E-state index contributed by atoms with van der Waals surface area (Å²) in [4.78, 5) is 11.5. The molecule has 1 aliphatic heterocycles. The molecule has 0 spiro atoms. The number of hydrogen-bond donors (Lipinski definition) is 2. The van der Waals surface area contributed by atoms with Crippen LogP contribution in [0.15, 0.2) is 54.6 Å². The number of H-pyrrole nitrogens is 2. The number of nitrogens with one attached hydrogen (secondary N) is 2. The van der Waals surface area contributed by atoms with Gasteiger partial charge in [-0.25, -0.2) is 4.98 Å². The summed E-state index contributed by atoms with van der Waals surface area (Å²) >= 11 is 0. The first kappa shape index (κ1) is 13.1. The smallest absolute Gasteiger partial charge is 0.0658 e. The zero-order valence-corrected chi connectivity index (χ0v) is 13.0. The van der Waals surface area contributed by atoms with Crippen LogP contribution in [0, 0.1) is 0 Å². The SMILES string of the molecule is C1=Cc2cc1cc1ccc(cc3nc(cc4ccc(c2)[nH]4)C=C3)[nH]1. The Morgan fingerprint density at radius 2 is 0.958 bits per heavy atom. The van der Waals surface area contributed by atoms with E-state index in [2.05, 4.69) is 81.7 Å². The summed E-state index contributed by atoms with van der Waals surface area (Å²) in [6.07, 6.45) is 8.34. The van der Waals surface area contributed by atoms with E-state index < -0.39 is 0 Å². The molecule has 4 heterocycles. The molecule has 0 radical (unpaired) electrons. The van der Waals surface area contributed by atoms with Crippen molar-refractivity contribution >= 4 is 46.4 Å². The largest absolute Gasteiger partial charge is 0.355 e. The van der Waals surface area contributed by atoms with Gasteiger partial charge in [-0.1, -0.05) is 12.2 Å². The summed E-state index contributed by atoms with van der Waals surface area (Å²) in [5.74, 6) is 0. The van der Waals surface area contributed by atoms with Gasteiger partial charge in [0.15, 0.2) is 0 Å². The maximum Gasteiger partial charge on any atom is 0.0658 e. The second-order valence-electron chi connectivity index (χ2n) is 6.09. The fraction of sp³-hybridized carbons (Fsp3) is 0. The highest BCUT2D eigenvalue weighted by atomic mass is 14.7. The van der Waals surface area contributed by atoms with Gasteiger partial charge in [-0.2, -0.15) is 0 Å². The summed E-state index contributed by atoms with van der Waals surface area (Å²) in [6.45, 7) is 0. The molecule has 1 aliphatic carbocycles. The molecule has 2 N–H and O–H groups in total. The van der Waals surface area contributed by atoms with E-state index in [1.165, 1.54) is 11.1 Å². The minimum Gasteiger partial charge on any atom is -0.355 e. The molecule has 114 valence electrons. The van der Waals surface area contributed by atoms with Crippen molar-refractivity contribution in [2.24, 2.45) is 0 Å². The molecule has 3 aromatic rings. The quantitative estimate of drug-likeness (QED) is 0.402. The van der Waals surface area contributed by atoms with Crippen LogP contribution in [0.4, 0.5) is 0 Å². The van der Waals surface area contributed by atoms with E-state index in [4.69, 9.17) is 0 Å². The van der Waals surface area contributed by atoms with Crippen molar-refractivity contribution in [2.45, 2.75) is 0 Å². The Morgan fingerprint density at radius 3 is 1.46 bits per heavy atom. The van der Waals surface area contributed by atoms with Gasteiger partial charge in [0.05, 0.1) is 11.4 Å². The number of aromatic nitrogens is 3. The molecule has 3 aromatic heterocycles. The lowest BCUT2D eigenvalue weighted by Crippen LogP contribution is -1.73. The minimum atomic E-state index is 0.954. The monoisotopic (exact) mass is 309 g/mol. The highest BCUT2D eigenvalue weighted by Crippen LogP contribution is 2.19. The molecule has 0 unspecified atom stereocenters. The van der Waals surface area contributed by atoms with Gasteiger partial charge < -0.3 is 9.97 Å². The second kappa shape index (κ2) is 5.10. The lowest BCUT2D eigenvalue weighted by Gasteiger charge is -1.86. The Bertz CT molecular complexity index is 982. The molecule has 0 saturated carbocycles. The van der Waals surface area contributed by atoms with E-state index in [0.717, 1.165) is 33.5 Å². The van der Waals surface area contributed by atoms with E-state index in [-0.39, 0.29) is 0 Å². The van der Waals surface area contributed by atoms with Gasteiger partial charge >= 0.3 is 0 Å². The van der Waals surface area contributed by atoms with Gasteiger partial charge in [0.1, 0.15) is 0 Å². The molecule has 3 nitrogen and oxygen atoms in total. The normalized spacial score (nSPS) is 12.7. The average Bonchev–Trinajstić information content (AvgIpc) is 3.32. The minimum absolute atomic E-state index is 0.954. The molecule has 0 aromatic carbocycles. The van der Waals surface area contributed by atoms with Crippen LogP contribution in [0.2, 0.25) is 0 Å². The Morgan fingerprint density at radius 1 is 0.500 bits per heavy atom.